The molecule has 0 saturated heterocycles. The minimum atomic E-state index is -2.40. The van der Waals surface area contributed by atoms with Gasteiger partial charge in [-0.2, -0.15) is 13.9 Å². The molecule has 1 aromatic heterocycles. The molecule has 0 radical (unpaired) electrons. The van der Waals surface area contributed by atoms with Crippen molar-refractivity contribution in [3.63, 3.8) is 0 Å². The van der Waals surface area contributed by atoms with Crippen molar-refractivity contribution in [2.75, 3.05) is 5.73 Å². The van der Waals surface area contributed by atoms with Crippen LogP contribution >= 0.6 is 11.8 Å². The van der Waals surface area contributed by atoms with Crippen LogP contribution < -0.4 is 5.73 Å². The summed E-state index contributed by atoms with van der Waals surface area (Å²) in [6.45, 7) is 0. The van der Waals surface area contributed by atoms with E-state index in [1.165, 1.54) is 0 Å². The molecule has 0 fully saturated rings. The van der Waals surface area contributed by atoms with Crippen LogP contribution in [-0.2, 0) is 7.05 Å². The molecule has 0 atom stereocenters. The van der Waals surface area contributed by atoms with E-state index in [0.29, 0.717) is 22.3 Å². The molecule has 1 heterocycles. The number of nitrogen functional groups attached to an aromatic ring is 1. The Kier molecular flexibility index (Phi) is 3.33. The minimum absolute atomic E-state index is 0.526. The molecular formula is C11H11F2N3S. The van der Waals surface area contributed by atoms with E-state index in [1.54, 1.807) is 42.2 Å². The summed E-state index contributed by atoms with van der Waals surface area (Å²) >= 11 is 0.526. The number of thioether (sulfide) groups is 1. The van der Waals surface area contributed by atoms with E-state index in [9.17, 15) is 8.78 Å². The maximum absolute atomic E-state index is 12.2. The standard InChI is InChI=1S/C11H11F2N3S/c1-16-10(9(14)6-15-16)7-2-4-8(5-3-7)17-11(12)13/h2-6,11H,14H2,1H3. The molecule has 0 bridgehead atoms. The summed E-state index contributed by atoms with van der Waals surface area (Å²) in [5.41, 5.74) is 8.01. The number of hydrogen-bond donors (Lipinski definition) is 1. The molecule has 2 rings (SSSR count). The Morgan fingerprint density at radius 2 is 1.94 bits per heavy atom. The highest BCUT2D eigenvalue weighted by Gasteiger charge is 2.09. The first kappa shape index (κ1) is 11.9. The van der Waals surface area contributed by atoms with Crippen molar-refractivity contribution in [3.8, 4) is 11.3 Å². The highest BCUT2D eigenvalue weighted by atomic mass is 32.2. The van der Waals surface area contributed by atoms with Gasteiger partial charge in [0.25, 0.3) is 5.76 Å². The first-order chi connectivity index (χ1) is 8.08. The minimum Gasteiger partial charge on any atom is -0.396 e. The number of alkyl halides is 2. The second-order valence-electron chi connectivity index (χ2n) is 3.48. The summed E-state index contributed by atoms with van der Waals surface area (Å²) in [7, 11) is 1.79. The Morgan fingerprint density at radius 1 is 1.29 bits per heavy atom. The molecule has 17 heavy (non-hydrogen) atoms. The summed E-state index contributed by atoms with van der Waals surface area (Å²) < 4.78 is 26.0. The lowest BCUT2D eigenvalue weighted by atomic mass is 10.1. The largest absolute Gasteiger partial charge is 0.396 e. The van der Waals surface area contributed by atoms with Crippen LogP contribution in [0.15, 0.2) is 35.4 Å². The second kappa shape index (κ2) is 4.75. The van der Waals surface area contributed by atoms with Gasteiger partial charge in [0, 0.05) is 17.5 Å². The van der Waals surface area contributed by atoms with Crippen LogP contribution in [0.3, 0.4) is 0 Å². The van der Waals surface area contributed by atoms with Gasteiger partial charge in [-0.05, 0) is 12.1 Å². The highest BCUT2D eigenvalue weighted by molar-refractivity contribution is 7.99. The summed E-state index contributed by atoms with van der Waals surface area (Å²) in [4.78, 5) is 0.532. The van der Waals surface area contributed by atoms with Crippen molar-refractivity contribution >= 4 is 17.4 Å². The Balaban J connectivity index is 2.30. The van der Waals surface area contributed by atoms with Gasteiger partial charge in [-0.15, -0.1) is 0 Å². The summed E-state index contributed by atoms with van der Waals surface area (Å²) in [6, 6.07) is 6.83. The van der Waals surface area contributed by atoms with Gasteiger partial charge < -0.3 is 5.73 Å². The van der Waals surface area contributed by atoms with Gasteiger partial charge in [-0.1, -0.05) is 23.9 Å². The molecule has 3 nitrogen and oxygen atoms in total. The van der Waals surface area contributed by atoms with E-state index in [1.807, 2.05) is 0 Å². The van der Waals surface area contributed by atoms with Crippen LogP contribution in [0.25, 0.3) is 11.3 Å². The molecule has 0 aliphatic heterocycles. The number of halogens is 2. The lowest BCUT2D eigenvalue weighted by Gasteiger charge is -2.05. The van der Waals surface area contributed by atoms with Gasteiger partial charge in [0.05, 0.1) is 17.6 Å². The van der Waals surface area contributed by atoms with Gasteiger partial charge in [0.1, 0.15) is 0 Å². The molecule has 0 saturated carbocycles. The first-order valence-corrected chi connectivity index (χ1v) is 5.78. The number of hydrogen-bond acceptors (Lipinski definition) is 3. The van der Waals surface area contributed by atoms with Gasteiger partial charge >= 0.3 is 0 Å². The number of aryl methyl sites for hydroxylation is 1. The monoisotopic (exact) mass is 255 g/mol. The van der Waals surface area contributed by atoms with Gasteiger partial charge in [-0.25, -0.2) is 0 Å². The second-order valence-corrected chi connectivity index (χ2v) is 4.54. The summed E-state index contributed by atoms with van der Waals surface area (Å²) in [5, 5.41) is 4.03. The van der Waals surface area contributed by atoms with Gasteiger partial charge in [-0.3, -0.25) is 4.68 Å². The lowest BCUT2D eigenvalue weighted by Crippen LogP contribution is -1.95. The maximum Gasteiger partial charge on any atom is 0.288 e. The molecule has 0 unspecified atom stereocenters. The van der Waals surface area contributed by atoms with E-state index in [-0.39, 0.29) is 0 Å². The SMILES string of the molecule is Cn1ncc(N)c1-c1ccc(SC(F)F)cc1. The third-order valence-corrected chi connectivity index (χ3v) is 3.04. The quantitative estimate of drug-likeness (QED) is 0.857. The number of rotatable bonds is 3. The van der Waals surface area contributed by atoms with Gasteiger partial charge in [0.15, 0.2) is 0 Å². The van der Waals surface area contributed by atoms with Gasteiger partial charge in [0.2, 0.25) is 0 Å². The predicted molar refractivity (Wildman–Crippen MR) is 64.9 cm³/mol. The van der Waals surface area contributed by atoms with E-state index in [0.717, 1.165) is 11.3 Å². The smallest absolute Gasteiger partial charge is 0.288 e. The van der Waals surface area contributed by atoms with Crippen molar-refractivity contribution in [2.45, 2.75) is 10.7 Å². The Hall–Kier alpha value is -1.56. The predicted octanol–water partition coefficient (Wildman–Crippen LogP) is 2.98. The zero-order chi connectivity index (χ0) is 12.4. The van der Waals surface area contributed by atoms with Crippen molar-refractivity contribution in [3.05, 3.63) is 30.5 Å². The van der Waals surface area contributed by atoms with Crippen LogP contribution in [0.5, 0.6) is 0 Å². The highest BCUT2D eigenvalue weighted by Crippen LogP contribution is 2.29. The summed E-state index contributed by atoms with van der Waals surface area (Å²) in [5.74, 6) is -2.40. The fraction of sp³-hybridized carbons (Fsp3) is 0.182. The average molecular weight is 255 g/mol. The topological polar surface area (TPSA) is 43.8 Å². The van der Waals surface area contributed by atoms with Crippen LogP contribution in [0.2, 0.25) is 0 Å². The van der Waals surface area contributed by atoms with Crippen molar-refractivity contribution in [1.29, 1.82) is 0 Å². The van der Waals surface area contributed by atoms with Crippen LogP contribution in [0.4, 0.5) is 14.5 Å². The van der Waals surface area contributed by atoms with E-state index < -0.39 is 5.76 Å². The Morgan fingerprint density at radius 3 is 2.41 bits per heavy atom. The molecule has 2 N–H and O–H groups in total. The average Bonchev–Trinajstić information content (AvgIpc) is 2.59. The number of anilines is 1. The van der Waals surface area contributed by atoms with Crippen molar-refractivity contribution in [1.82, 2.24) is 9.78 Å². The molecule has 2 aromatic rings. The molecule has 0 aliphatic rings. The van der Waals surface area contributed by atoms with Crippen molar-refractivity contribution < 1.29 is 8.78 Å². The molecule has 90 valence electrons. The molecular weight excluding hydrogens is 244 g/mol. The van der Waals surface area contributed by atoms with Crippen LogP contribution in [0, 0.1) is 0 Å². The lowest BCUT2D eigenvalue weighted by molar-refractivity contribution is 0.252. The normalized spacial score (nSPS) is 11.1. The van der Waals surface area contributed by atoms with Crippen LogP contribution in [0.1, 0.15) is 0 Å². The number of aromatic nitrogens is 2. The first-order valence-electron chi connectivity index (χ1n) is 4.90. The number of nitrogens with two attached hydrogens (primary N) is 1. The summed E-state index contributed by atoms with van der Waals surface area (Å²) in [6.07, 6.45) is 1.57. The molecule has 0 amide bonds. The Labute approximate surface area is 102 Å². The third-order valence-electron chi connectivity index (χ3n) is 2.32. The van der Waals surface area contributed by atoms with Crippen molar-refractivity contribution in [2.24, 2.45) is 7.05 Å². The molecule has 6 heteroatoms. The Bertz CT molecular complexity index is 488. The zero-order valence-corrected chi connectivity index (χ0v) is 9.92. The van der Waals surface area contributed by atoms with Crippen LogP contribution in [-0.4, -0.2) is 15.5 Å². The fourth-order valence-corrected chi connectivity index (χ4v) is 2.10. The maximum atomic E-state index is 12.2. The fourth-order valence-electron chi connectivity index (χ4n) is 1.60. The van der Waals surface area contributed by atoms with E-state index in [4.69, 9.17) is 5.73 Å². The molecule has 1 aromatic carbocycles. The number of nitrogens with zero attached hydrogens (tertiary/aromatic N) is 2. The zero-order valence-electron chi connectivity index (χ0n) is 9.10. The van der Waals surface area contributed by atoms with E-state index in [2.05, 4.69) is 5.10 Å². The molecule has 0 spiro atoms. The molecule has 0 aliphatic carbocycles. The van der Waals surface area contributed by atoms with E-state index >= 15 is 0 Å². The third kappa shape index (κ3) is 2.58. The number of benzene rings is 1.